The second-order valence-electron chi connectivity index (χ2n) is 5.40. The molecule has 0 aliphatic heterocycles. The Morgan fingerprint density at radius 3 is 3.00 bits per heavy atom. The second-order valence-corrected chi connectivity index (χ2v) is 5.40. The van der Waals surface area contributed by atoms with E-state index in [1.165, 1.54) is 12.3 Å². The third-order valence-corrected chi connectivity index (χ3v) is 3.50. The standard InChI is InChI=1S/C17H18N6O3/c1-2-26-15-8-12(5-7-18-15)10-23-11-13(21-22-23)9-20-16-14(17(24)25)4-3-6-19-16/h3-8,11H,2,9-10H2,1H3,(H,19,20)(H,24,25). The maximum absolute atomic E-state index is 11.2. The molecular weight excluding hydrogens is 336 g/mol. The molecule has 0 spiro atoms. The number of hydrogen-bond acceptors (Lipinski definition) is 7. The maximum Gasteiger partial charge on any atom is 0.339 e. The van der Waals surface area contributed by atoms with Crippen molar-refractivity contribution >= 4 is 11.8 Å². The molecule has 0 atom stereocenters. The van der Waals surface area contributed by atoms with Gasteiger partial charge in [0.2, 0.25) is 5.88 Å². The highest BCUT2D eigenvalue weighted by atomic mass is 16.5. The van der Waals surface area contributed by atoms with E-state index >= 15 is 0 Å². The van der Waals surface area contributed by atoms with Crippen LogP contribution in [0.25, 0.3) is 0 Å². The van der Waals surface area contributed by atoms with Gasteiger partial charge in [-0.3, -0.25) is 0 Å². The van der Waals surface area contributed by atoms with Gasteiger partial charge in [0, 0.05) is 18.5 Å². The Morgan fingerprint density at radius 1 is 1.31 bits per heavy atom. The van der Waals surface area contributed by atoms with Crippen LogP contribution in [-0.2, 0) is 13.1 Å². The van der Waals surface area contributed by atoms with Gasteiger partial charge < -0.3 is 15.2 Å². The predicted octanol–water partition coefficient (Wildman–Crippen LogP) is 1.83. The Hall–Kier alpha value is -3.49. The molecule has 3 aromatic heterocycles. The molecule has 26 heavy (non-hydrogen) atoms. The van der Waals surface area contributed by atoms with Crippen LogP contribution < -0.4 is 10.1 Å². The van der Waals surface area contributed by atoms with Crippen molar-refractivity contribution in [2.75, 3.05) is 11.9 Å². The van der Waals surface area contributed by atoms with Crippen molar-refractivity contribution < 1.29 is 14.6 Å². The zero-order valence-electron chi connectivity index (χ0n) is 14.2. The third kappa shape index (κ3) is 4.32. The number of anilines is 1. The quantitative estimate of drug-likeness (QED) is 0.629. The highest BCUT2D eigenvalue weighted by Crippen LogP contribution is 2.13. The molecule has 0 aliphatic rings. The van der Waals surface area contributed by atoms with Gasteiger partial charge in [-0.1, -0.05) is 5.21 Å². The molecule has 3 rings (SSSR count). The second kappa shape index (κ2) is 8.06. The first kappa shape index (κ1) is 17.3. The molecule has 0 radical (unpaired) electrons. The number of nitrogens with one attached hydrogen (secondary N) is 1. The Kier molecular flexibility index (Phi) is 5.37. The predicted molar refractivity (Wildman–Crippen MR) is 93.1 cm³/mol. The van der Waals surface area contributed by atoms with Crippen molar-refractivity contribution in [3.63, 3.8) is 0 Å². The number of rotatable bonds is 8. The van der Waals surface area contributed by atoms with Crippen LogP contribution in [0.1, 0.15) is 28.5 Å². The number of nitrogens with zero attached hydrogens (tertiary/aromatic N) is 5. The lowest BCUT2D eigenvalue weighted by Gasteiger charge is -2.06. The van der Waals surface area contributed by atoms with Crippen molar-refractivity contribution in [2.24, 2.45) is 0 Å². The zero-order chi connectivity index (χ0) is 18.4. The van der Waals surface area contributed by atoms with Crippen molar-refractivity contribution in [2.45, 2.75) is 20.0 Å². The number of ether oxygens (including phenoxy) is 1. The smallest absolute Gasteiger partial charge is 0.339 e. The number of carboxylic acid groups (broad SMARTS) is 1. The average Bonchev–Trinajstić information content (AvgIpc) is 3.08. The Morgan fingerprint density at radius 2 is 2.19 bits per heavy atom. The Bertz CT molecular complexity index is 895. The summed E-state index contributed by atoms with van der Waals surface area (Å²) in [6.45, 7) is 3.31. The van der Waals surface area contributed by atoms with Crippen LogP contribution in [-0.4, -0.2) is 42.6 Å². The number of aromatic nitrogens is 5. The van der Waals surface area contributed by atoms with Crippen molar-refractivity contribution in [1.29, 1.82) is 0 Å². The summed E-state index contributed by atoms with van der Waals surface area (Å²) >= 11 is 0. The molecule has 0 saturated carbocycles. The van der Waals surface area contributed by atoms with Crippen LogP contribution in [0.15, 0.2) is 42.9 Å². The van der Waals surface area contributed by atoms with Gasteiger partial charge in [-0.05, 0) is 30.7 Å². The van der Waals surface area contributed by atoms with E-state index < -0.39 is 5.97 Å². The number of carboxylic acids is 1. The number of hydrogen-bond donors (Lipinski definition) is 2. The molecule has 0 fully saturated rings. The van der Waals surface area contributed by atoms with Gasteiger partial charge in [-0.15, -0.1) is 5.10 Å². The van der Waals surface area contributed by atoms with E-state index in [-0.39, 0.29) is 5.56 Å². The monoisotopic (exact) mass is 354 g/mol. The van der Waals surface area contributed by atoms with Gasteiger partial charge in [0.25, 0.3) is 0 Å². The van der Waals surface area contributed by atoms with Gasteiger partial charge in [0.1, 0.15) is 17.1 Å². The molecule has 3 heterocycles. The largest absolute Gasteiger partial charge is 0.478 e. The highest BCUT2D eigenvalue weighted by molar-refractivity contribution is 5.92. The normalized spacial score (nSPS) is 10.5. The first-order chi connectivity index (χ1) is 12.7. The van der Waals surface area contributed by atoms with Crippen LogP contribution in [0, 0.1) is 0 Å². The van der Waals surface area contributed by atoms with Crippen LogP contribution in [0.5, 0.6) is 5.88 Å². The summed E-state index contributed by atoms with van der Waals surface area (Å²) in [6.07, 6.45) is 5.01. The molecule has 0 unspecified atom stereocenters. The van der Waals surface area contributed by atoms with Gasteiger partial charge in [0.15, 0.2) is 0 Å². The van der Waals surface area contributed by atoms with E-state index in [1.807, 2.05) is 19.1 Å². The summed E-state index contributed by atoms with van der Waals surface area (Å²) in [4.78, 5) is 19.4. The molecule has 0 aliphatic carbocycles. The van der Waals surface area contributed by atoms with Gasteiger partial charge in [-0.2, -0.15) is 0 Å². The minimum absolute atomic E-state index is 0.111. The van der Waals surface area contributed by atoms with E-state index in [1.54, 1.807) is 23.1 Å². The fourth-order valence-electron chi connectivity index (χ4n) is 2.35. The summed E-state index contributed by atoms with van der Waals surface area (Å²) in [5.41, 5.74) is 1.77. The number of aromatic carboxylic acids is 1. The molecule has 9 nitrogen and oxygen atoms in total. The molecule has 9 heteroatoms. The van der Waals surface area contributed by atoms with Crippen LogP contribution in [0.2, 0.25) is 0 Å². The fourth-order valence-corrected chi connectivity index (χ4v) is 2.35. The topological polar surface area (TPSA) is 115 Å². The van der Waals surface area contributed by atoms with Gasteiger partial charge in [0.05, 0.1) is 25.9 Å². The Balaban J connectivity index is 1.64. The van der Waals surface area contributed by atoms with Crippen LogP contribution >= 0.6 is 0 Å². The van der Waals surface area contributed by atoms with E-state index in [9.17, 15) is 4.79 Å². The lowest BCUT2D eigenvalue weighted by atomic mass is 10.2. The molecule has 2 N–H and O–H groups in total. The highest BCUT2D eigenvalue weighted by Gasteiger charge is 2.11. The van der Waals surface area contributed by atoms with Crippen molar-refractivity contribution in [1.82, 2.24) is 25.0 Å². The first-order valence-corrected chi connectivity index (χ1v) is 8.04. The zero-order valence-corrected chi connectivity index (χ0v) is 14.2. The fraction of sp³-hybridized carbons (Fsp3) is 0.235. The van der Waals surface area contributed by atoms with Crippen LogP contribution in [0.4, 0.5) is 5.82 Å². The molecule has 134 valence electrons. The van der Waals surface area contributed by atoms with E-state index in [0.717, 1.165) is 5.56 Å². The van der Waals surface area contributed by atoms with E-state index in [0.29, 0.717) is 37.1 Å². The molecule has 0 amide bonds. The first-order valence-electron chi connectivity index (χ1n) is 8.04. The summed E-state index contributed by atoms with van der Waals surface area (Å²) in [5.74, 6) is -0.166. The molecule has 3 aromatic rings. The van der Waals surface area contributed by atoms with Crippen LogP contribution in [0.3, 0.4) is 0 Å². The lowest BCUT2D eigenvalue weighted by Crippen LogP contribution is -2.08. The minimum atomic E-state index is -1.04. The van der Waals surface area contributed by atoms with Crippen molar-refractivity contribution in [3.8, 4) is 5.88 Å². The Labute approximate surface area is 149 Å². The summed E-state index contributed by atoms with van der Waals surface area (Å²) in [7, 11) is 0. The lowest BCUT2D eigenvalue weighted by molar-refractivity contribution is 0.0697. The third-order valence-electron chi connectivity index (χ3n) is 3.50. The molecule has 0 saturated heterocycles. The van der Waals surface area contributed by atoms with Gasteiger partial charge >= 0.3 is 5.97 Å². The summed E-state index contributed by atoms with van der Waals surface area (Å²) in [6, 6.07) is 6.81. The van der Waals surface area contributed by atoms with E-state index in [4.69, 9.17) is 9.84 Å². The maximum atomic E-state index is 11.2. The van der Waals surface area contributed by atoms with Crippen molar-refractivity contribution in [3.05, 3.63) is 59.7 Å². The minimum Gasteiger partial charge on any atom is -0.478 e. The number of pyridine rings is 2. The summed E-state index contributed by atoms with van der Waals surface area (Å²) < 4.78 is 7.08. The summed E-state index contributed by atoms with van der Waals surface area (Å²) in [5, 5.41) is 20.3. The van der Waals surface area contributed by atoms with E-state index in [2.05, 4.69) is 25.6 Å². The SMILES string of the molecule is CCOc1cc(Cn2cc(CNc3ncccc3C(=O)O)nn2)ccn1. The van der Waals surface area contributed by atoms with Gasteiger partial charge in [-0.25, -0.2) is 19.4 Å². The molecular formula is C17H18N6O3. The molecule has 0 bridgehead atoms. The average molecular weight is 354 g/mol. The number of carbonyl (C=O) groups is 1. The molecule has 0 aromatic carbocycles.